The zero-order valence-corrected chi connectivity index (χ0v) is 14.7. The highest BCUT2D eigenvalue weighted by Crippen LogP contribution is 2.24. The molecule has 4 aromatic rings. The van der Waals surface area contributed by atoms with Gasteiger partial charge < -0.3 is 10.3 Å². The molecule has 4 aromatic heterocycles. The lowest BCUT2D eigenvalue weighted by Gasteiger charge is -2.03. The third kappa shape index (κ3) is 2.83. The standard InChI is InChI=1S/C19H18N6O/c1-10-4-5-13(8-20-10)16-7-14-6-15(9-21-18(14)23-16)22-19(26)17-11(2)12(3)24-25-17/h4-9H,1-3H3,(H,21,23)(H,22,26)(H,24,25). The molecular formula is C19H18N6O. The smallest absolute Gasteiger partial charge is 0.276 e. The van der Waals surface area contributed by atoms with Gasteiger partial charge >= 0.3 is 0 Å². The highest BCUT2D eigenvalue weighted by Gasteiger charge is 2.15. The average Bonchev–Trinajstić information content (AvgIpc) is 3.19. The van der Waals surface area contributed by atoms with Gasteiger partial charge in [0, 0.05) is 39.8 Å². The summed E-state index contributed by atoms with van der Waals surface area (Å²) in [5, 5.41) is 10.6. The van der Waals surface area contributed by atoms with Gasteiger partial charge in [-0.25, -0.2) is 4.98 Å². The zero-order chi connectivity index (χ0) is 18.3. The van der Waals surface area contributed by atoms with Crippen molar-refractivity contribution in [3.05, 3.63) is 59.3 Å². The number of nitrogens with zero attached hydrogens (tertiary/aromatic N) is 3. The first kappa shape index (κ1) is 16.0. The zero-order valence-electron chi connectivity index (χ0n) is 14.7. The molecule has 0 atom stereocenters. The lowest BCUT2D eigenvalue weighted by molar-refractivity contribution is 0.102. The summed E-state index contributed by atoms with van der Waals surface area (Å²) >= 11 is 0. The molecule has 0 aliphatic rings. The van der Waals surface area contributed by atoms with Gasteiger partial charge in [0.25, 0.3) is 5.91 Å². The van der Waals surface area contributed by atoms with Crippen LogP contribution in [0.5, 0.6) is 0 Å². The number of aromatic nitrogens is 5. The molecule has 3 N–H and O–H groups in total. The van der Waals surface area contributed by atoms with Crippen molar-refractivity contribution in [1.82, 2.24) is 25.1 Å². The van der Waals surface area contributed by atoms with E-state index in [-0.39, 0.29) is 5.91 Å². The Hall–Kier alpha value is -3.48. The molecule has 0 saturated heterocycles. The fourth-order valence-corrected chi connectivity index (χ4v) is 2.76. The molecule has 0 spiro atoms. The Morgan fingerprint density at radius 3 is 2.62 bits per heavy atom. The van der Waals surface area contributed by atoms with E-state index in [1.807, 2.05) is 51.2 Å². The van der Waals surface area contributed by atoms with Crippen LogP contribution in [0, 0.1) is 20.8 Å². The second-order valence-corrected chi connectivity index (χ2v) is 6.31. The van der Waals surface area contributed by atoms with Crippen molar-refractivity contribution >= 4 is 22.6 Å². The predicted octanol–water partition coefficient (Wildman–Crippen LogP) is 3.53. The van der Waals surface area contributed by atoms with Crippen LogP contribution in [0.1, 0.15) is 27.4 Å². The number of amides is 1. The van der Waals surface area contributed by atoms with E-state index < -0.39 is 0 Å². The van der Waals surface area contributed by atoms with Crippen LogP contribution in [0.15, 0.2) is 36.7 Å². The summed E-state index contributed by atoms with van der Waals surface area (Å²) in [6.45, 7) is 5.70. The Labute approximate surface area is 149 Å². The molecule has 26 heavy (non-hydrogen) atoms. The molecule has 0 saturated carbocycles. The van der Waals surface area contributed by atoms with E-state index in [1.54, 1.807) is 6.20 Å². The summed E-state index contributed by atoms with van der Waals surface area (Å²) in [5.41, 5.74) is 6.38. The van der Waals surface area contributed by atoms with E-state index in [2.05, 4.69) is 30.5 Å². The number of aryl methyl sites for hydroxylation is 2. The van der Waals surface area contributed by atoms with Crippen molar-refractivity contribution in [1.29, 1.82) is 0 Å². The van der Waals surface area contributed by atoms with Crippen LogP contribution in [-0.4, -0.2) is 31.1 Å². The van der Waals surface area contributed by atoms with E-state index >= 15 is 0 Å². The van der Waals surface area contributed by atoms with Crippen molar-refractivity contribution in [3.8, 4) is 11.3 Å². The molecule has 7 nitrogen and oxygen atoms in total. The van der Waals surface area contributed by atoms with Crippen molar-refractivity contribution in [2.24, 2.45) is 0 Å². The van der Waals surface area contributed by atoms with Crippen molar-refractivity contribution < 1.29 is 4.79 Å². The number of nitrogens with one attached hydrogen (secondary N) is 3. The topological polar surface area (TPSA) is 99.4 Å². The van der Waals surface area contributed by atoms with Gasteiger partial charge in [0.15, 0.2) is 5.69 Å². The Morgan fingerprint density at radius 1 is 1.08 bits per heavy atom. The first-order valence-electron chi connectivity index (χ1n) is 8.26. The Kier molecular flexibility index (Phi) is 3.76. The Bertz CT molecular complexity index is 1110. The summed E-state index contributed by atoms with van der Waals surface area (Å²) in [6.07, 6.45) is 3.45. The van der Waals surface area contributed by atoms with E-state index in [1.165, 1.54) is 0 Å². The van der Waals surface area contributed by atoms with E-state index in [0.29, 0.717) is 11.4 Å². The Balaban J connectivity index is 1.62. The van der Waals surface area contributed by atoms with Crippen LogP contribution < -0.4 is 5.32 Å². The number of anilines is 1. The number of pyridine rings is 2. The third-order valence-corrected chi connectivity index (χ3v) is 4.42. The van der Waals surface area contributed by atoms with Crippen molar-refractivity contribution in [2.75, 3.05) is 5.32 Å². The molecular weight excluding hydrogens is 328 g/mol. The molecule has 0 fully saturated rings. The van der Waals surface area contributed by atoms with Gasteiger partial charge in [0.1, 0.15) is 5.65 Å². The molecule has 0 unspecified atom stereocenters. The SMILES string of the molecule is Cc1ccc(-c2cc3cc(NC(=O)c4n[nH]c(C)c4C)cnc3[nH]2)cn1. The lowest BCUT2D eigenvalue weighted by Crippen LogP contribution is -2.13. The van der Waals surface area contributed by atoms with Gasteiger partial charge in [-0.1, -0.05) is 0 Å². The fourth-order valence-electron chi connectivity index (χ4n) is 2.76. The minimum Gasteiger partial charge on any atom is -0.339 e. The molecule has 0 aromatic carbocycles. The summed E-state index contributed by atoms with van der Waals surface area (Å²) in [5.74, 6) is -0.258. The first-order chi connectivity index (χ1) is 12.5. The molecule has 0 aliphatic carbocycles. The lowest BCUT2D eigenvalue weighted by atomic mass is 10.2. The first-order valence-corrected chi connectivity index (χ1v) is 8.26. The van der Waals surface area contributed by atoms with Gasteiger partial charge in [0.2, 0.25) is 0 Å². The van der Waals surface area contributed by atoms with Crippen molar-refractivity contribution in [2.45, 2.75) is 20.8 Å². The van der Waals surface area contributed by atoms with Crippen LogP contribution in [0.4, 0.5) is 5.69 Å². The Morgan fingerprint density at radius 2 is 1.92 bits per heavy atom. The number of rotatable bonds is 3. The van der Waals surface area contributed by atoms with Crippen LogP contribution in [-0.2, 0) is 0 Å². The largest absolute Gasteiger partial charge is 0.339 e. The molecule has 0 radical (unpaired) electrons. The minimum absolute atomic E-state index is 0.258. The van der Waals surface area contributed by atoms with Crippen LogP contribution >= 0.6 is 0 Å². The monoisotopic (exact) mass is 346 g/mol. The molecule has 0 bridgehead atoms. The summed E-state index contributed by atoms with van der Waals surface area (Å²) < 4.78 is 0. The molecule has 7 heteroatoms. The van der Waals surface area contributed by atoms with Crippen LogP contribution in [0.3, 0.4) is 0 Å². The van der Waals surface area contributed by atoms with Crippen LogP contribution in [0.2, 0.25) is 0 Å². The molecule has 4 rings (SSSR count). The second kappa shape index (κ2) is 6.11. The number of H-pyrrole nitrogens is 2. The maximum Gasteiger partial charge on any atom is 0.276 e. The highest BCUT2D eigenvalue weighted by molar-refractivity contribution is 6.04. The van der Waals surface area contributed by atoms with E-state index in [9.17, 15) is 4.79 Å². The van der Waals surface area contributed by atoms with Crippen molar-refractivity contribution in [3.63, 3.8) is 0 Å². The quantitative estimate of drug-likeness (QED) is 0.528. The predicted molar refractivity (Wildman–Crippen MR) is 100 cm³/mol. The van der Waals surface area contributed by atoms with Gasteiger partial charge in [-0.05, 0) is 45.0 Å². The molecule has 1 amide bonds. The molecule has 130 valence electrons. The number of hydrogen-bond donors (Lipinski definition) is 3. The van der Waals surface area contributed by atoms with Gasteiger partial charge in [-0.2, -0.15) is 5.10 Å². The maximum atomic E-state index is 12.4. The number of carbonyl (C=O) groups excluding carboxylic acids is 1. The number of aromatic amines is 2. The molecule has 4 heterocycles. The van der Waals surface area contributed by atoms with Gasteiger partial charge in [-0.3, -0.25) is 14.9 Å². The number of carbonyl (C=O) groups is 1. The van der Waals surface area contributed by atoms with E-state index in [0.717, 1.165) is 39.2 Å². The summed E-state index contributed by atoms with van der Waals surface area (Å²) in [7, 11) is 0. The summed E-state index contributed by atoms with van der Waals surface area (Å²) in [4.78, 5) is 24.4. The third-order valence-electron chi connectivity index (χ3n) is 4.42. The number of hydrogen-bond acceptors (Lipinski definition) is 4. The van der Waals surface area contributed by atoms with E-state index in [4.69, 9.17) is 0 Å². The van der Waals surface area contributed by atoms with Crippen LogP contribution in [0.25, 0.3) is 22.3 Å². The maximum absolute atomic E-state index is 12.4. The van der Waals surface area contributed by atoms with Gasteiger partial charge in [-0.15, -0.1) is 0 Å². The normalized spacial score (nSPS) is 11.0. The number of fused-ring (bicyclic) bond motifs is 1. The van der Waals surface area contributed by atoms with Gasteiger partial charge in [0.05, 0.1) is 11.9 Å². The minimum atomic E-state index is -0.258. The second-order valence-electron chi connectivity index (χ2n) is 6.31. The fraction of sp³-hybridized carbons (Fsp3) is 0.158. The highest BCUT2D eigenvalue weighted by atomic mass is 16.1. The summed E-state index contributed by atoms with van der Waals surface area (Å²) in [6, 6.07) is 7.86. The molecule has 0 aliphatic heterocycles. The average molecular weight is 346 g/mol.